The molecule has 0 radical (unpaired) electrons. The van der Waals surface area contributed by atoms with Crippen LogP contribution in [-0.2, 0) is 9.59 Å². The maximum Gasteiger partial charge on any atom is 0.405 e. The first kappa shape index (κ1) is 37.4. The van der Waals surface area contributed by atoms with Gasteiger partial charge in [-0.3, -0.25) is 29.5 Å². The fourth-order valence-corrected chi connectivity index (χ4v) is 7.55. The van der Waals surface area contributed by atoms with Gasteiger partial charge in [0.05, 0.1) is 60.7 Å². The van der Waals surface area contributed by atoms with Gasteiger partial charge in [-0.2, -0.15) is 0 Å². The number of nitrogens with one attached hydrogen (secondary N) is 4. The Bertz CT molecular complexity index is 2240. The molecule has 58 heavy (non-hydrogen) atoms. The van der Waals surface area contributed by atoms with E-state index in [9.17, 15) is 29.4 Å². The molecule has 4 aromatic heterocycles. The number of hydrogen-bond acceptors (Lipinski definition) is 10. The van der Waals surface area contributed by atoms with E-state index in [0.717, 1.165) is 12.8 Å². The van der Waals surface area contributed by atoms with E-state index in [1.54, 1.807) is 108 Å². The Labute approximate surface area is 330 Å². The highest BCUT2D eigenvalue weighted by atomic mass is 16.4. The number of aromatic nitrogens is 8. The third-order valence-electron chi connectivity index (χ3n) is 10.3. The predicted octanol–water partition coefficient (Wildman–Crippen LogP) is 5.06. The van der Waals surface area contributed by atoms with Crippen molar-refractivity contribution in [2.75, 3.05) is 13.1 Å². The molecular weight excluding hydrogens is 745 g/mol. The molecule has 0 unspecified atom stereocenters. The summed E-state index contributed by atoms with van der Waals surface area (Å²) in [6.45, 7) is 0.924. The van der Waals surface area contributed by atoms with Crippen molar-refractivity contribution >= 4 is 24.0 Å². The van der Waals surface area contributed by atoms with Gasteiger partial charge >= 0.3 is 12.2 Å². The Kier molecular flexibility index (Phi) is 10.5. The first-order chi connectivity index (χ1) is 28.2. The molecule has 4 amide bonds. The molecule has 2 aromatic carbocycles. The van der Waals surface area contributed by atoms with Crippen molar-refractivity contribution in [1.82, 2.24) is 60.3 Å². The van der Waals surface area contributed by atoms with Crippen molar-refractivity contribution in [1.29, 1.82) is 0 Å². The highest BCUT2D eigenvalue weighted by Crippen LogP contribution is 2.35. The van der Waals surface area contributed by atoms with Crippen molar-refractivity contribution in [2.24, 2.45) is 0 Å². The maximum atomic E-state index is 13.7. The number of carbonyl (C=O) groups is 4. The van der Waals surface area contributed by atoms with Crippen LogP contribution in [0.1, 0.15) is 72.6 Å². The number of carbonyl (C=O) groups excluding carboxylic acids is 2. The number of imidazole rings is 2. The summed E-state index contributed by atoms with van der Waals surface area (Å²) in [5.41, 5.74) is 4.33. The van der Waals surface area contributed by atoms with Crippen LogP contribution in [0.4, 0.5) is 9.59 Å². The number of rotatable bonds is 11. The molecule has 0 spiro atoms. The molecule has 6 heterocycles. The molecule has 6 aromatic rings. The summed E-state index contributed by atoms with van der Waals surface area (Å²) in [5, 5.41) is 23.7. The Morgan fingerprint density at radius 3 is 1.29 bits per heavy atom. The lowest BCUT2D eigenvalue weighted by Crippen LogP contribution is -2.42. The number of carboxylic acid groups (broad SMARTS) is 2. The van der Waals surface area contributed by atoms with Gasteiger partial charge in [-0.15, -0.1) is 0 Å². The van der Waals surface area contributed by atoms with E-state index < -0.39 is 24.3 Å². The zero-order valence-corrected chi connectivity index (χ0v) is 30.9. The van der Waals surface area contributed by atoms with Gasteiger partial charge in [0.2, 0.25) is 0 Å². The molecule has 0 bridgehead atoms. The fraction of sp³-hybridized carbons (Fsp3) is 0.250. The van der Waals surface area contributed by atoms with Crippen molar-refractivity contribution < 1.29 is 29.4 Å². The molecule has 8 rings (SSSR count). The molecule has 0 saturated carbocycles. The van der Waals surface area contributed by atoms with E-state index in [0.29, 0.717) is 82.9 Å². The van der Waals surface area contributed by atoms with E-state index in [4.69, 9.17) is 0 Å². The van der Waals surface area contributed by atoms with Crippen molar-refractivity contribution in [3.8, 4) is 34.2 Å². The van der Waals surface area contributed by atoms with E-state index in [-0.39, 0.29) is 23.9 Å². The van der Waals surface area contributed by atoms with Gasteiger partial charge in [0.15, 0.2) is 0 Å². The summed E-state index contributed by atoms with van der Waals surface area (Å²) < 4.78 is 0. The zero-order valence-electron chi connectivity index (χ0n) is 30.9. The number of nitrogens with zero attached hydrogens (tertiary/aromatic N) is 8. The van der Waals surface area contributed by atoms with Crippen LogP contribution in [0.15, 0.2) is 97.8 Å². The minimum Gasteiger partial charge on any atom is -0.465 e. The van der Waals surface area contributed by atoms with Crippen molar-refractivity contribution in [3.05, 3.63) is 121 Å². The summed E-state index contributed by atoms with van der Waals surface area (Å²) in [6, 6.07) is 14.7. The lowest BCUT2D eigenvalue weighted by molar-refractivity contribution is -0.135. The van der Waals surface area contributed by atoms with Crippen LogP contribution in [0.5, 0.6) is 0 Å². The van der Waals surface area contributed by atoms with E-state index in [1.165, 1.54) is 0 Å². The van der Waals surface area contributed by atoms with Gasteiger partial charge in [-0.05, 0) is 36.8 Å². The first-order valence-corrected chi connectivity index (χ1v) is 18.7. The van der Waals surface area contributed by atoms with Gasteiger partial charge in [-0.25, -0.2) is 19.6 Å². The van der Waals surface area contributed by atoms with Gasteiger partial charge in [0.1, 0.15) is 46.5 Å². The number of H-pyrrole nitrogens is 2. The zero-order chi connectivity index (χ0) is 40.2. The van der Waals surface area contributed by atoms with Crippen LogP contribution in [0.3, 0.4) is 0 Å². The van der Waals surface area contributed by atoms with Crippen LogP contribution in [-0.4, -0.2) is 97.0 Å². The summed E-state index contributed by atoms with van der Waals surface area (Å²) >= 11 is 0. The molecule has 2 aliphatic heterocycles. The van der Waals surface area contributed by atoms with Crippen LogP contribution in [0.2, 0.25) is 0 Å². The fourth-order valence-electron chi connectivity index (χ4n) is 7.55. The smallest absolute Gasteiger partial charge is 0.405 e. The number of amides is 4. The molecule has 18 heteroatoms. The molecule has 6 N–H and O–H groups in total. The van der Waals surface area contributed by atoms with Crippen LogP contribution >= 0.6 is 0 Å². The Morgan fingerprint density at radius 2 is 0.931 bits per heavy atom. The lowest BCUT2D eigenvalue weighted by Gasteiger charge is -2.28. The number of likely N-dealkylation sites (tertiary alicyclic amines) is 2. The van der Waals surface area contributed by atoms with E-state index in [2.05, 4.69) is 50.5 Å². The first-order valence-electron chi connectivity index (χ1n) is 18.7. The second kappa shape index (κ2) is 16.3. The Balaban J connectivity index is 0.929. The normalized spacial score (nSPS) is 17.4. The average molecular weight is 783 g/mol. The van der Waals surface area contributed by atoms with Crippen molar-refractivity contribution in [2.45, 2.75) is 49.9 Å². The molecule has 4 atom stereocenters. The third kappa shape index (κ3) is 7.79. The second-order valence-corrected chi connectivity index (χ2v) is 13.9. The van der Waals surface area contributed by atoms with Gasteiger partial charge in [0, 0.05) is 13.1 Å². The highest BCUT2D eigenvalue weighted by Gasteiger charge is 2.38. The summed E-state index contributed by atoms with van der Waals surface area (Å²) in [4.78, 5) is 87.8. The molecule has 2 fully saturated rings. The number of hydrogen-bond donors (Lipinski definition) is 6. The lowest BCUT2D eigenvalue weighted by atomic mass is 10.1. The highest BCUT2D eigenvalue weighted by molar-refractivity contribution is 5.88. The summed E-state index contributed by atoms with van der Waals surface area (Å²) in [6.07, 6.45) is 9.82. The molecule has 18 nitrogen and oxygen atoms in total. The molecule has 0 aliphatic carbocycles. The minimum absolute atomic E-state index is 0.352. The van der Waals surface area contributed by atoms with Gasteiger partial charge < -0.3 is 40.6 Å². The standard InChI is InChI=1S/C40H38N12O6/c53-37(33(49-39(55)56)23-9-3-1-4-10-23)51-15-7-13-31(51)35-45-21-29(47-35)27-19-41-25(17-43-27)26-18-44-28(20-42-26)30-22-46-36(48-30)32-14-8-16-52(32)38(54)34(50-40(57)58)24-11-5-2-6-12-24/h1-6,9-12,17-22,31-34,49-50H,7-8,13-16H2,(H,45,47)(H,46,48)(H,55,56)(H,57,58)/t31-,32-,33+,34+/m0/s1. The van der Waals surface area contributed by atoms with Crippen molar-refractivity contribution in [3.63, 3.8) is 0 Å². The van der Waals surface area contributed by atoms with Crippen LogP contribution < -0.4 is 10.6 Å². The molecule has 294 valence electrons. The minimum atomic E-state index is -1.29. The van der Waals surface area contributed by atoms with E-state index >= 15 is 0 Å². The summed E-state index contributed by atoms with van der Waals surface area (Å²) in [7, 11) is 0. The van der Waals surface area contributed by atoms with Crippen LogP contribution in [0.25, 0.3) is 34.2 Å². The van der Waals surface area contributed by atoms with E-state index in [1.807, 2.05) is 0 Å². The monoisotopic (exact) mass is 782 g/mol. The number of benzene rings is 2. The number of aromatic amines is 2. The molecular formula is C40H38N12O6. The molecule has 2 aliphatic rings. The third-order valence-corrected chi connectivity index (χ3v) is 10.3. The average Bonchev–Trinajstić information content (AvgIpc) is 4.09. The van der Waals surface area contributed by atoms with Gasteiger partial charge in [-0.1, -0.05) is 60.7 Å². The predicted molar refractivity (Wildman–Crippen MR) is 206 cm³/mol. The quantitative estimate of drug-likeness (QED) is 0.101. The second-order valence-electron chi connectivity index (χ2n) is 13.9. The topological polar surface area (TPSA) is 248 Å². The SMILES string of the molecule is O=C(O)N[C@@H](C(=O)N1CCC[C@H]1c1ncc(-c2cnc(-c3cnc(-c4cnc([C@@H]5CCCN5C(=O)[C@H](NC(=O)O)c5ccccc5)[nH]4)cn3)cn2)[nH]1)c1ccccc1. The Morgan fingerprint density at radius 1 is 0.552 bits per heavy atom. The van der Waals surface area contributed by atoms with Gasteiger partial charge in [0.25, 0.3) is 11.8 Å². The molecule has 2 saturated heterocycles. The largest absolute Gasteiger partial charge is 0.465 e. The summed E-state index contributed by atoms with van der Waals surface area (Å²) in [5.74, 6) is 0.428. The maximum absolute atomic E-state index is 13.7. The van der Waals surface area contributed by atoms with Crippen LogP contribution in [0, 0.1) is 0 Å². The Hall–Kier alpha value is -7.50.